The molecule has 0 unspecified atom stereocenters. The molecule has 0 aliphatic carbocycles. The average Bonchev–Trinajstić information content (AvgIpc) is 3.07. The second-order valence-electron chi connectivity index (χ2n) is 8.65. The molecule has 3 aromatic rings. The molecule has 9 heteroatoms. The van der Waals surface area contributed by atoms with Gasteiger partial charge in [-0.3, -0.25) is 14.4 Å². The first-order chi connectivity index (χ1) is 16.3. The monoisotopic (exact) mass is 468 g/mol. The first-order valence-electron chi connectivity index (χ1n) is 11.5. The Balaban J connectivity index is 1.53. The largest absolute Gasteiger partial charge is 0.466 e. The number of nitrogens with zero attached hydrogens (tertiary/aromatic N) is 4. The summed E-state index contributed by atoms with van der Waals surface area (Å²) in [7, 11) is 0. The van der Waals surface area contributed by atoms with Gasteiger partial charge in [0.25, 0.3) is 5.56 Å². The van der Waals surface area contributed by atoms with Crippen molar-refractivity contribution in [3.8, 4) is 0 Å². The van der Waals surface area contributed by atoms with Gasteiger partial charge in [-0.05, 0) is 39.7 Å². The lowest BCUT2D eigenvalue weighted by molar-refractivity contribution is -0.151. The number of hydrogen-bond acceptors (Lipinski definition) is 5. The van der Waals surface area contributed by atoms with E-state index >= 15 is 0 Å². The van der Waals surface area contributed by atoms with Crippen LogP contribution in [0.5, 0.6) is 0 Å². The third-order valence-electron chi connectivity index (χ3n) is 6.64. The Kier molecular flexibility index (Phi) is 6.81. The number of aryl methyl sites for hydroxylation is 2. The number of carbonyl (C=O) groups is 2. The number of rotatable bonds is 6. The summed E-state index contributed by atoms with van der Waals surface area (Å²) in [5.74, 6) is -0.923. The second-order valence-corrected chi connectivity index (χ2v) is 8.65. The first kappa shape index (κ1) is 23.7. The molecule has 0 radical (unpaired) electrons. The van der Waals surface area contributed by atoms with E-state index in [1.807, 2.05) is 18.4 Å². The predicted molar refractivity (Wildman–Crippen MR) is 125 cm³/mol. The van der Waals surface area contributed by atoms with E-state index in [1.54, 1.807) is 36.2 Å². The van der Waals surface area contributed by atoms with E-state index in [9.17, 15) is 18.8 Å². The SMILES string of the molecule is CCOC(=O)C1CCN(C(=O)Cn2ncc3c(C)n(Cc4ccccc4F)c(C)c3c2=O)CC1. The fourth-order valence-electron chi connectivity index (χ4n) is 4.64. The molecule has 0 bridgehead atoms. The third kappa shape index (κ3) is 4.47. The van der Waals surface area contributed by atoms with Crippen molar-refractivity contribution in [2.24, 2.45) is 5.92 Å². The number of benzene rings is 1. The maximum absolute atomic E-state index is 14.2. The quantitative estimate of drug-likeness (QED) is 0.520. The van der Waals surface area contributed by atoms with Crippen LogP contribution in [0, 0.1) is 25.6 Å². The van der Waals surface area contributed by atoms with Gasteiger partial charge in [-0.2, -0.15) is 5.10 Å². The zero-order valence-corrected chi connectivity index (χ0v) is 19.7. The van der Waals surface area contributed by atoms with Crippen LogP contribution in [0.25, 0.3) is 10.8 Å². The molecular weight excluding hydrogens is 439 g/mol. The molecule has 1 aliphatic heterocycles. The molecule has 34 heavy (non-hydrogen) atoms. The van der Waals surface area contributed by atoms with Crippen LogP contribution in [0.3, 0.4) is 0 Å². The van der Waals surface area contributed by atoms with Gasteiger partial charge in [0.1, 0.15) is 12.4 Å². The van der Waals surface area contributed by atoms with Gasteiger partial charge in [0, 0.05) is 35.4 Å². The molecule has 0 spiro atoms. The van der Waals surface area contributed by atoms with Crippen molar-refractivity contribution in [1.82, 2.24) is 19.2 Å². The van der Waals surface area contributed by atoms with Gasteiger partial charge >= 0.3 is 5.97 Å². The van der Waals surface area contributed by atoms with Crippen LogP contribution >= 0.6 is 0 Å². The second kappa shape index (κ2) is 9.79. The summed E-state index contributed by atoms with van der Waals surface area (Å²) in [6.45, 7) is 6.82. The number of fused-ring (bicyclic) bond motifs is 1. The molecule has 8 nitrogen and oxygen atoms in total. The van der Waals surface area contributed by atoms with Crippen molar-refractivity contribution in [1.29, 1.82) is 0 Å². The van der Waals surface area contributed by atoms with Crippen molar-refractivity contribution < 1.29 is 18.7 Å². The minimum absolute atomic E-state index is 0.171. The molecule has 1 aromatic carbocycles. The van der Waals surface area contributed by atoms with Crippen molar-refractivity contribution in [3.63, 3.8) is 0 Å². The van der Waals surface area contributed by atoms with Crippen molar-refractivity contribution in [2.45, 2.75) is 46.7 Å². The molecule has 0 saturated carbocycles. The van der Waals surface area contributed by atoms with Crippen molar-refractivity contribution >= 4 is 22.6 Å². The Morgan fingerprint density at radius 3 is 2.53 bits per heavy atom. The first-order valence-corrected chi connectivity index (χ1v) is 11.5. The lowest BCUT2D eigenvalue weighted by Gasteiger charge is -2.30. The summed E-state index contributed by atoms with van der Waals surface area (Å²) >= 11 is 0. The van der Waals surface area contributed by atoms with E-state index in [0.717, 1.165) is 5.69 Å². The minimum atomic E-state index is -0.347. The van der Waals surface area contributed by atoms with E-state index < -0.39 is 0 Å². The summed E-state index contributed by atoms with van der Waals surface area (Å²) < 4.78 is 22.4. The number of esters is 1. The van der Waals surface area contributed by atoms with Crippen LogP contribution in [-0.2, 0) is 27.4 Å². The lowest BCUT2D eigenvalue weighted by atomic mass is 9.97. The van der Waals surface area contributed by atoms with Crippen molar-refractivity contribution in [2.75, 3.05) is 19.7 Å². The molecule has 4 rings (SSSR count). The highest BCUT2D eigenvalue weighted by Crippen LogP contribution is 2.24. The Morgan fingerprint density at radius 1 is 1.15 bits per heavy atom. The molecule has 1 aliphatic rings. The van der Waals surface area contributed by atoms with Crippen LogP contribution in [0.15, 0.2) is 35.3 Å². The zero-order valence-electron chi connectivity index (χ0n) is 19.7. The summed E-state index contributed by atoms with van der Waals surface area (Å²) in [6.07, 6.45) is 2.68. The standard InChI is InChI=1S/C25H29FN4O4/c1-4-34-25(33)18-9-11-28(12-10-18)22(31)15-30-24(32)23-17(3)29(16(2)20(23)13-27-30)14-19-7-5-6-8-21(19)26/h5-8,13,18H,4,9-12,14-15H2,1-3H3. The molecule has 0 N–H and O–H groups in total. The van der Waals surface area contributed by atoms with E-state index in [-0.39, 0.29) is 35.7 Å². The number of piperidine rings is 1. The summed E-state index contributed by atoms with van der Waals surface area (Å²) in [4.78, 5) is 39.7. The molecule has 0 atom stereocenters. The molecule has 3 heterocycles. The number of aromatic nitrogens is 3. The third-order valence-corrected chi connectivity index (χ3v) is 6.64. The van der Waals surface area contributed by atoms with Gasteiger partial charge in [-0.25, -0.2) is 9.07 Å². The topological polar surface area (TPSA) is 86.4 Å². The summed E-state index contributed by atoms with van der Waals surface area (Å²) in [5.41, 5.74) is 1.71. The van der Waals surface area contributed by atoms with Crippen molar-refractivity contribution in [3.05, 3.63) is 63.6 Å². The fourth-order valence-corrected chi connectivity index (χ4v) is 4.64. The molecule has 180 valence electrons. The van der Waals surface area contributed by atoms with Gasteiger partial charge in [-0.15, -0.1) is 0 Å². The summed E-state index contributed by atoms with van der Waals surface area (Å²) in [5, 5.41) is 5.42. The number of hydrogen-bond donors (Lipinski definition) is 0. The number of halogens is 1. The Hall–Kier alpha value is -3.49. The summed E-state index contributed by atoms with van der Waals surface area (Å²) in [6, 6.07) is 6.56. The predicted octanol–water partition coefficient (Wildman–Crippen LogP) is 2.80. The van der Waals surface area contributed by atoms with Gasteiger partial charge in [0.2, 0.25) is 5.91 Å². The van der Waals surface area contributed by atoms with Crippen LogP contribution in [-0.4, -0.2) is 50.8 Å². The fraction of sp³-hybridized carbons (Fsp3) is 0.440. The molecule has 1 fully saturated rings. The van der Waals surface area contributed by atoms with Crippen LogP contribution in [0.2, 0.25) is 0 Å². The Bertz CT molecular complexity index is 1290. The number of likely N-dealkylation sites (tertiary alicyclic amines) is 1. The van der Waals surface area contributed by atoms with E-state index in [4.69, 9.17) is 4.74 Å². The van der Waals surface area contributed by atoms with Crippen LogP contribution < -0.4 is 5.56 Å². The number of amides is 1. The normalized spacial score (nSPS) is 14.5. The van der Waals surface area contributed by atoms with Gasteiger partial charge in [0.05, 0.1) is 30.7 Å². The van der Waals surface area contributed by atoms with Gasteiger partial charge in [0.15, 0.2) is 0 Å². The average molecular weight is 469 g/mol. The smallest absolute Gasteiger partial charge is 0.309 e. The lowest BCUT2D eigenvalue weighted by Crippen LogP contribution is -2.43. The maximum atomic E-state index is 14.2. The maximum Gasteiger partial charge on any atom is 0.309 e. The van der Waals surface area contributed by atoms with Crippen LogP contribution in [0.4, 0.5) is 4.39 Å². The van der Waals surface area contributed by atoms with E-state index in [1.165, 1.54) is 10.7 Å². The zero-order chi connectivity index (χ0) is 24.4. The van der Waals surface area contributed by atoms with E-state index in [2.05, 4.69) is 5.10 Å². The molecule has 1 saturated heterocycles. The molecule has 1 amide bonds. The highest BCUT2D eigenvalue weighted by Gasteiger charge is 2.28. The molecular formula is C25H29FN4O4. The van der Waals surface area contributed by atoms with Gasteiger partial charge < -0.3 is 14.2 Å². The van der Waals surface area contributed by atoms with E-state index in [0.29, 0.717) is 61.1 Å². The minimum Gasteiger partial charge on any atom is -0.466 e. The Morgan fingerprint density at radius 2 is 1.85 bits per heavy atom. The van der Waals surface area contributed by atoms with Gasteiger partial charge in [-0.1, -0.05) is 18.2 Å². The number of carbonyl (C=O) groups excluding carboxylic acids is 2. The van der Waals surface area contributed by atoms with Crippen LogP contribution in [0.1, 0.15) is 36.7 Å². The Labute approximate surface area is 196 Å². The highest BCUT2D eigenvalue weighted by atomic mass is 19.1. The highest BCUT2D eigenvalue weighted by molar-refractivity contribution is 5.87. The number of ether oxygens (including phenoxy) is 1. The molecule has 2 aromatic heterocycles.